The van der Waals surface area contributed by atoms with E-state index in [1.165, 1.54) is 7.11 Å². The average molecular weight is 382 g/mol. The van der Waals surface area contributed by atoms with Crippen LogP contribution in [-0.2, 0) is 4.74 Å². The zero-order chi connectivity index (χ0) is 19.2. The summed E-state index contributed by atoms with van der Waals surface area (Å²) in [4.78, 5) is 24.9. The molecule has 1 heterocycles. The van der Waals surface area contributed by atoms with Crippen LogP contribution in [0.5, 0.6) is 5.75 Å². The van der Waals surface area contributed by atoms with Gasteiger partial charge in [0, 0.05) is 5.69 Å². The molecule has 0 saturated heterocycles. The van der Waals surface area contributed by atoms with Crippen molar-refractivity contribution in [1.29, 1.82) is 0 Å². The van der Waals surface area contributed by atoms with Gasteiger partial charge in [0.15, 0.2) is 0 Å². The van der Waals surface area contributed by atoms with E-state index < -0.39 is 5.97 Å². The van der Waals surface area contributed by atoms with Gasteiger partial charge in [-0.05, 0) is 48.5 Å². The lowest BCUT2D eigenvalue weighted by Gasteiger charge is -2.13. The van der Waals surface area contributed by atoms with E-state index in [0.29, 0.717) is 15.4 Å². The summed E-state index contributed by atoms with van der Waals surface area (Å²) in [5.41, 5.74) is 2.24. The third-order valence-corrected chi connectivity index (χ3v) is 4.82. The third-order valence-electron chi connectivity index (χ3n) is 3.76. The molecule has 3 aromatic rings. The van der Waals surface area contributed by atoms with Gasteiger partial charge in [-0.3, -0.25) is 4.79 Å². The van der Waals surface area contributed by atoms with Crippen molar-refractivity contribution in [2.45, 2.75) is 0 Å². The van der Waals surface area contributed by atoms with Gasteiger partial charge in [-0.25, -0.2) is 4.79 Å². The Balaban J connectivity index is 1.76. The molecule has 3 rings (SSSR count). The minimum atomic E-state index is -0.458. The zero-order valence-electron chi connectivity index (χ0n) is 14.8. The predicted octanol–water partition coefficient (Wildman–Crippen LogP) is 4.54. The Hall–Kier alpha value is -3.32. The van der Waals surface area contributed by atoms with Crippen LogP contribution >= 0.6 is 11.3 Å². The molecule has 0 fully saturated rings. The number of benzene rings is 2. The van der Waals surface area contributed by atoms with Gasteiger partial charge in [-0.1, -0.05) is 12.1 Å². The Bertz CT molecular complexity index is 951. The molecule has 0 radical (unpaired) electrons. The molecule has 0 bridgehead atoms. The largest absolute Gasteiger partial charge is 0.497 e. The summed E-state index contributed by atoms with van der Waals surface area (Å²) in [6, 6.07) is 18.0. The number of carbonyl (C=O) groups is 2. The summed E-state index contributed by atoms with van der Waals surface area (Å²) in [5.74, 6) is 0.0148. The molecular formula is C20H18N2O4S. The molecule has 6 nitrogen and oxygen atoms in total. The number of ether oxygens (including phenoxy) is 2. The van der Waals surface area contributed by atoms with Crippen LogP contribution in [0.25, 0.3) is 0 Å². The maximum absolute atomic E-state index is 12.5. The number of hydrogen-bond acceptors (Lipinski definition) is 6. The quantitative estimate of drug-likeness (QED) is 0.612. The van der Waals surface area contributed by atoms with Crippen LogP contribution < -0.4 is 15.4 Å². The van der Waals surface area contributed by atoms with Crippen LogP contribution in [0.1, 0.15) is 19.3 Å². The predicted molar refractivity (Wildman–Crippen MR) is 106 cm³/mol. The van der Waals surface area contributed by atoms with E-state index in [-0.39, 0.29) is 5.91 Å². The number of amides is 1. The van der Waals surface area contributed by atoms with Gasteiger partial charge >= 0.3 is 5.97 Å². The van der Waals surface area contributed by atoms with Crippen molar-refractivity contribution in [3.63, 3.8) is 0 Å². The maximum Gasteiger partial charge on any atom is 0.348 e. The number of methoxy groups -OCH3 is 2. The lowest BCUT2D eigenvalue weighted by molar-refractivity contribution is 0.0606. The third kappa shape index (κ3) is 4.45. The van der Waals surface area contributed by atoms with Crippen molar-refractivity contribution in [3.05, 3.63) is 70.4 Å². The van der Waals surface area contributed by atoms with Crippen LogP contribution in [0.15, 0.2) is 60.7 Å². The molecule has 0 aliphatic heterocycles. The fraction of sp³-hybridized carbons (Fsp3) is 0.100. The Kier molecular flexibility index (Phi) is 5.73. The highest BCUT2D eigenvalue weighted by atomic mass is 32.1. The Labute approximate surface area is 160 Å². The zero-order valence-corrected chi connectivity index (χ0v) is 15.6. The van der Waals surface area contributed by atoms with E-state index in [1.54, 1.807) is 25.3 Å². The van der Waals surface area contributed by atoms with E-state index in [0.717, 1.165) is 28.5 Å². The topological polar surface area (TPSA) is 76.7 Å². The van der Waals surface area contributed by atoms with Crippen molar-refractivity contribution in [2.24, 2.45) is 0 Å². The van der Waals surface area contributed by atoms with Gasteiger partial charge in [0.1, 0.15) is 10.6 Å². The van der Waals surface area contributed by atoms with E-state index in [1.807, 2.05) is 42.5 Å². The van der Waals surface area contributed by atoms with E-state index >= 15 is 0 Å². The number of nitrogens with one attached hydrogen (secondary N) is 2. The minimum Gasteiger partial charge on any atom is -0.497 e. The monoisotopic (exact) mass is 382 g/mol. The van der Waals surface area contributed by atoms with E-state index in [2.05, 4.69) is 15.4 Å². The maximum atomic E-state index is 12.5. The second-order valence-corrected chi connectivity index (χ2v) is 6.59. The molecule has 1 amide bonds. The molecule has 0 aliphatic carbocycles. The van der Waals surface area contributed by atoms with Crippen molar-refractivity contribution in [1.82, 2.24) is 0 Å². The highest BCUT2D eigenvalue weighted by Crippen LogP contribution is 2.27. The van der Waals surface area contributed by atoms with Crippen molar-refractivity contribution in [3.8, 4) is 5.75 Å². The number of hydrogen-bond donors (Lipinski definition) is 2. The molecule has 2 aromatic carbocycles. The van der Waals surface area contributed by atoms with Crippen LogP contribution in [0.2, 0.25) is 0 Å². The van der Waals surface area contributed by atoms with Crippen molar-refractivity contribution >= 4 is 40.3 Å². The van der Waals surface area contributed by atoms with Crippen LogP contribution in [0, 0.1) is 0 Å². The van der Waals surface area contributed by atoms with Crippen LogP contribution in [0.3, 0.4) is 0 Å². The summed E-state index contributed by atoms with van der Waals surface area (Å²) < 4.78 is 9.83. The highest BCUT2D eigenvalue weighted by Gasteiger charge is 2.15. The van der Waals surface area contributed by atoms with Gasteiger partial charge in [0.25, 0.3) is 5.91 Å². The normalized spacial score (nSPS) is 10.1. The van der Waals surface area contributed by atoms with Crippen molar-refractivity contribution in [2.75, 3.05) is 24.9 Å². The van der Waals surface area contributed by atoms with Gasteiger partial charge in [0.2, 0.25) is 0 Å². The minimum absolute atomic E-state index is 0.292. The molecule has 2 N–H and O–H groups in total. The molecule has 0 spiro atoms. The second kappa shape index (κ2) is 8.37. The first kappa shape index (κ1) is 18.5. The molecule has 1 aromatic heterocycles. The smallest absolute Gasteiger partial charge is 0.348 e. The summed E-state index contributed by atoms with van der Waals surface area (Å²) >= 11 is 1.09. The fourth-order valence-corrected chi connectivity index (χ4v) is 3.20. The van der Waals surface area contributed by atoms with Gasteiger partial charge in [0.05, 0.1) is 30.5 Å². The molecule has 138 valence electrons. The molecular weight excluding hydrogens is 364 g/mol. The second-order valence-electron chi connectivity index (χ2n) is 5.51. The molecule has 7 heteroatoms. The molecule has 0 unspecified atom stereocenters. The van der Waals surface area contributed by atoms with Gasteiger partial charge in [-0.15, -0.1) is 11.3 Å². The average Bonchev–Trinajstić information content (AvgIpc) is 3.20. The number of anilines is 3. The van der Waals surface area contributed by atoms with Gasteiger partial charge in [-0.2, -0.15) is 0 Å². The lowest BCUT2D eigenvalue weighted by atomic mass is 10.2. The first-order chi connectivity index (χ1) is 13.1. The lowest BCUT2D eigenvalue weighted by Crippen LogP contribution is -2.11. The first-order valence-corrected chi connectivity index (χ1v) is 8.92. The Morgan fingerprint density at radius 2 is 1.52 bits per heavy atom. The first-order valence-electron chi connectivity index (χ1n) is 8.10. The highest BCUT2D eigenvalue weighted by molar-refractivity contribution is 7.16. The summed E-state index contributed by atoms with van der Waals surface area (Å²) in [6.45, 7) is 0. The number of thiophene rings is 1. The SMILES string of the molecule is COC(=O)c1ccc(C(=O)Nc2ccccc2Nc2ccc(OC)cc2)s1. The molecule has 0 saturated carbocycles. The summed E-state index contributed by atoms with van der Waals surface area (Å²) in [5, 5.41) is 6.14. The van der Waals surface area contributed by atoms with Crippen molar-refractivity contribution < 1.29 is 19.1 Å². The van der Waals surface area contributed by atoms with Gasteiger partial charge < -0.3 is 20.1 Å². The number of rotatable bonds is 6. The summed E-state index contributed by atoms with van der Waals surface area (Å²) in [6.07, 6.45) is 0. The number of para-hydroxylation sites is 2. The number of carbonyl (C=O) groups excluding carboxylic acids is 2. The van der Waals surface area contributed by atoms with E-state index in [4.69, 9.17) is 4.74 Å². The molecule has 0 atom stereocenters. The van der Waals surface area contributed by atoms with Crippen LogP contribution in [-0.4, -0.2) is 26.1 Å². The standard InChI is InChI=1S/C20H18N2O4S/c1-25-14-9-7-13(8-10-14)21-15-5-3-4-6-16(15)22-19(23)17-11-12-18(27-17)20(24)26-2/h3-12,21H,1-2H3,(H,22,23). The molecule has 0 aliphatic rings. The molecule has 27 heavy (non-hydrogen) atoms. The Morgan fingerprint density at radius 3 is 2.19 bits per heavy atom. The van der Waals surface area contributed by atoms with Crippen LogP contribution in [0.4, 0.5) is 17.1 Å². The fourth-order valence-electron chi connectivity index (χ4n) is 2.39. The Morgan fingerprint density at radius 1 is 0.852 bits per heavy atom. The summed E-state index contributed by atoms with van der Waals surface area (Å²) in [7, 11) is 2.92. The number of esters is 1. The van der Waals surface area contributed by atoms with E-state index in [9.17, 15) is 9.59 Å².